The van der Waals surface area contributed by atoms with Crippen LogP contribution in [0.3, 0.4) is 0 Å². The molecule has 0 radical (unpaired) electrons. The number of hydrogen-bond acceptors (Lipinski definition) is 6. The highest BCUT2D eigenvalue weighted by molar-refractivity contribution is 6.29. The van der Waals surface area contributed by atoms with Crippen molar-refractivity contribution in [3.05, 3.63) is 69.4 Å². The van der Waals surface area contributed by atoms with Crippen molar-refractivity contribution in [2.24, 2.45) is 0 Å². The molecule has 158 valence electrons. The first-order chi connectivity index (χ1) is 15.0. The number of nitrogens with one attached hydrogen (secondary N) is 2. The van der Waals surface area contributed by atoms with Gasteiger partial charge in [-0.1, -0.05) is 17.7 Å². The third-order valence-corrected chi connectivity index (χ3v) is 5.62. The molecule has 0 fully saturated rings. The Morgan fingerprint density at radius 2 is 2.03 bits per heavy atom. The number of nitrogens with zero attached hydrogens (tertiary/aromatic N) is 5. The molecular formula is C22H22ClN7O. The van der Waals surface area contributed by atoms with Gasteiger partial charge in [-0.25, -0.2) is 19.3 Å². The van der Waals surface area contributed by atoms with Crippen molar-refractivity contribution in [1.82, 2.24) is 29.6 Å². The molecule has 0 bridgehead atoms. The average molecular weight is 436 g/mol. The summed E-state index contributed by atoms with van der Waals surface area (Å²) in [7, 11) is 0. The van der Waals surface area contributed by atoms with Crippen molar-refractivity contribution in [2.45, 2.75) is 32.9 Å². The summed E-state index contributed by atoms with van der Waals surface area (Å²) in [5.41, 5.74) is 4.61. The van der Waals surface area contributed by atoms with E-state index in [9.17, 15) is 4.79 Å². The molecule has 0 aliphatic carbocycles. The Morgan fingerprint density at radius 3 is 2.84 bits per heavy atom. The Hall–Kier alpha value is -3.23. The number of hydrogen-bond donors (Lipinski definition) is 2. The Kier molecular flexibility index (Phi) is 4.95. The zero-order chi connectivity index (χ0) is 21.5. The van der Waals surface area contributed by atoms with Crippen LogP contribution in [0.5, 0.6) is 0 Å². The first kappa shape index (κ1) is 19.7. The van der Waals surface area contributed by atoms with Gasteiger partial charge in [-0.2, -0.15) is 4.98 Å². The second-order valence-corrected chi connectivity index (χ2v) is 8.25. The summed E-state index contributed by atoms with van der Waals surface area (Å²) < 4.78 is 3.43. The van der Waals surface area contributed by atoms with Gasteiger partial charge >= 0.3 is 0 Å². The number of fused-ring (bicyclic) bond motifs is 2. The fourth-order valence-electron chi connectivity index (χ4n) is 3.99. The first-order valence-corrected chi connectivity index (χ1v) is 10.6. The molecule has 1 aliphatic heterocycles. The maximum absolute atomic E-state index is 13.1. The Morgan fingerprint density at radius 1 is 1.16 bits per heavy atom. The van der Waals surface area contributed by atoms with E-state index in [0.717, 1.165) is 25.2 Å². The number of pyridine rings is 1. The van der Waals surface area contributed by atoms with Crippen LogP contribution in [0.25, 0.3) is 16.7 Å². The lowest BCUT2D eigenvalue weighted by atomic mass is 10.0. The van der Waals surface area contributed by atoms with E-state index in [2.05, 4.69) is 32.7 Å². The lowest BCUT2D eigenvalue weighted by Crippen LogP contribution is -2.24. The SMILES string of the molecule is CC(C)n1c(=O)c2cnc(Nc3ccc4c(c3)CNCC4)nc2n1-c1ccnc(Cl)c1. The largest absolute Gasteiger partial charge is 0.324 e. The predicted octanol–water partition coefficient (Wildman–Crippen LogP) is 3.60. The smallest absolute Gasteiger partial charge is 0.278 e. The molecule has 31 heavy (non-hydrogen) atoms. The molecule has 0 unspecified atom stereocenters. The number of aromatic nitrogens is 5. The highest BCUT2D eigenvalue weighted by atomic mass is 35.5. The zero-order valence-electron chi connectivity index (χ0n) is 17.3. The quantitative estimate of drug-likeness (QED) is 0.476. The van der Waals surface area contributed by atoms with Crippen molar-refractivity contribution in [1.29, 1.82) is 0 Å². The van der Waals surface area contributed by atoms with Crippen molar-refractivity contribution in [3.63, 3.8) is 0 Å². The second kappa shape index (κ2) is 7.79. The van der Waals surface area contributed by atoms with Crippen LogP contribution in [0.15, 0.2) is 47.5 Å². The lowest BCUT2D eigenvalue weighted by Gasteiger charge is -2.18. The van der Waals surface area contributed by atoms with Crippen LogP contribution in [0.2, 0.25) is 5.15 Å². The highest BCUT2D eigenvalue weighted by Gasteiger charge is 2.20. The van der Waals surface area contributed by atoms with Gasteiger partial charge in [-0.3, -0.25) is 4.79 Å². The van der Waals surface area contributed by atoms with Crippen LogP contribution < -0.4 is 16.2 Å². The van der Waals surface area contributed by atoms with Gasteiger partial charge in [-0.15, -0.1) is 0 Å². The molecule has 0 saturated carbocycles. The maximum atomic E-state index is 13.1. The molecule has 0 atom stereocenters. The van der Waals surface area contributed by atoms with Gasteiger partial charge < -0.3 is 10.6 Å². The van der Waals surface area contributed by atoms with E-state index in [0.29, 0.717) is 27.8 Å². The van der Waals surface area contributed by atoms with Crippen LogP contribution in [-0.2, 0) is 13.0 Å². The maximum Gasteiger partial charge on any atom is 0.278 e. The van der Waals surface area contributed by atoms with E-state index in [1.165, 1.54) is 11.1 Å². The van der Waals surface area contributed by atoms with Gasteiger partial charge in [0.05, 0.1) is 5.69 Å². The fraction of sp³-hybridized carbons (Fsp3) is 0.273. The molecule has 8 nitrogen and oxygen atoms in total. The molecule has 1 aliphatic rings. The fourth-order valence-corrected chi connectivity index (χ4v) is 4.15. The van der Waals surface area contributed by atoms with Crippen molar-refractivity contribution < 1.29 is 0 Å². The van der Waals surface area contributed by atoms with E-state index in [4.69, 9.17) is 16.6 Å². The highest BCUT2D eigenvalue weighted by Crippen LogP contribution is 2.24. The molecule has 4 aromatic rings. The molecule has 4 heterocycles. The van der Waals surface area contributed by atoms with Crippen molar-refractivity contribution in [3.8, 4) is 5.69 Å². The van der Waals surface area contributed by atoms with E-state index in [-0.39, 0.29) is 11.6 Å². The third kappa shape index (κ3) is 3.58. The number of rotatable bonds is 4. The molecule has 9 heteroatoms. The lowest BCUT2D eigenvalue weighted by molar-refractivity contribution is 0.476. The molecule has 0 saturated heterocycles. The third-order valence-electron chi connectivity index (χ3n) is 5.42. The molecule has 2 N–H and O–H groups in total. The first-order valence-electron chi connectivity index (χ1n) is 10.2. The standard InChI is InChI=1S/C22H22ClN7O/c1-13(2)29-21(31)18-12-26-22(27-16-4-3-14-5-7-24-11-15(14)9-16)28-20(18)30(29)17-6-8-25-19(23)10-17/h3-4,6,8-10,12-13,24H,5,7,11H2,1-2H3,(H,26,27,28). The zero-order valence-corrected chi connectivity index (χ0v) is 18.0. The monoisotopic (exact) mass is 435 g/mol. The molecule has 0 amide bonds. The number of halogens is 1. The molecular weight excluding hydrogens is 414 g/mol. The van der Waals surface area contributed by atoms with Gasteiger partial charge in [0.25, 0.3) is 5.56 Å². The predicted molar refractivity (Wildman–Crippen MR) is 121 cm³/mol. The second-order valence-electron chi connectivity index (χ2n) is 7.86. The van der Waals surface area contributed by atoms with Gasteiger partial charge in [0.2, 0.25) is 5.95 Å². The van der Waals surface area contributed by atoms with E-state index >= 15 is 0 Å². The summed E-state index contributed by atoms with van der Waals surface area (Å²) in [6.07, 6.45) is 4.22. The summed E-state index contributed by atoms with van der Waals surface area (Å²) in [4.78, 5) is 26.2. The van der Waals surface area contributed by atoms with Gasteiger partial charge in [0.1, 0.15) is 10.5 Å². The van der Waals surface area contributed by atoms with Crippen molar-refractivity contribution >= 4 is 34.3 Å². The molecule has 0 spiro atoms. The number of anilines is 2. The molecule has 3 aromatic heterocycles. The van der Waals surface area contributed by atoms with Gasteiger partial charge in [-0.05, 0) is 56.1 Å². The Labute approximate surface area is 183 Å². The Balaban J connectivity index is 1.62. The summed E-state index contributed by atoms with van der Waals surface area (Å²) in [6.45, 7) is 5.76. The van der Waals surface area contributed by atoms with Crippen LogP contribution in [-0.4, -0.2) is 30.9 Å². The minimum atomic E-state index is -0.149. The summed E-state index contributed by atoms with van der Waals surface area (Å²) >= 11 is 6.12. The Bertz CT molecular complexity index is 1340. The normalized spacial score (nSPS) is 13.5. The topological polar surface area (TPSA) is 89.7 Å². The van der Waals surface area contributed by atoms with E-state index in [1.807, 2.05) is 19.9 Å². The average Bonchev–Trinajstić information content (AvgIpc) is 3.06. The molecule has 5 rings (SSSR count). The van der Waals surface area contributed by atoms with Crippen LogP contribution in [0.4, 0.5) is 11.6 Å². The summed E-state index contributed by atoms with van der Waals surface area (Å²) in [6, 6.07) is 9.72. The van der Waals surface area contributed by atoms with Crippen molar-refractivity contribution in [2.75, 3.05) is 11.9 Å². The molecule has 1 aromatic carbocycles. The van der Waals surface area contributed by atoms with Gasteiger partial charge in [0, 0.05) is 36.7 Å². The van der Waals surface area contributed by atoms with Crippen LogP contribution >= 0.6 is 11.6 Å². The van der Waals surface area contributed by atoms with Crippen LogP contribution in [0, 0.1) is 0 Å². The minimum absolute atomic E-state index is 0.0850. The summed E-state index contributed by atoms with van der Waals surface area (Å²) in [5, 5.41) is 7.46. The van der Waals surface area contributed by atoms with Gasteiger partial charge in [0.15, 0.2) is 5.65 Å². The van der Waals surface area contributed by atoms with E-state index in [1.54, 1.807) is 33.9 Å². The van der Waals surface area contributed by atoms with E-state index < -0.39 is 0 Å². The summed E-state index contributed by atoms with van der Waals surface area (Å²) in [5.74, 6) is 0.422. The number of benzene rings is 1. The minimum Gasteiger partial charge on any atom is -0.324 e. The van der Waals surface area contributed by atoms with Crippen LogP contribution in [0.1, 0.15) is 31.0 Å².